The minimum Gasteiger partial charge on any atom is -0.286 e. The molecule has 7 heteroatoms. The van der Waals surface area contributed by atoms with Crippen molar-refractivity contribution < 1.29 is 4.92 Å². The summed E-state index contributed by atoms with van der Waals surface area (Å²) >= 11 is 5.71. The molecule has 2 rings (SSSR count). The Morgan fingerprint density at radius 2 is 2.19 bits per heavy atom. The first-order valence-corrected chi connectivity index (χ1v) is 4.69. The van der Waals surface area contributed by atoms with Gasteiger partial charge in [-0.3, -0.25) is 19.5 Å². The van der Waals surface area contributed by atoms with Crippen LogP contribution in [0.25, 0.3) is 10.9 Å². The van der Waals surface area contributed by atoms with Gasteiger partial charge in [0.2, 0.25) is 5.28 Å². The summed E-state index contributed by atoms with van der Waals surface area (Å²) in [7, 11) is 1.45. The number of nitro groups is 1. The lowest BCUT2D eigenvalue weighted by molar-refractivity contribution is -0.384. The molecule has 0 spiro atoms. The van der Waals surface area contributed by atoms with Gasteiger partial charge < -0.3 is 0 Å². The third-order valence-electron chi connectivity index (χ3n) is 2.22. The van der Waals surface area contributed by atoms with E-state index in [-0.39, 0.29) is 16.4 Å². The molecule has 2 aromatic rings. The Kier molecular flexibility index (Phi) is 2.35. The molecule has 1 heterocycles. The molecule has 0 saturated heterocycles. The highest BCUT2D eigenvalue weighted by Gasteiger charge is 2.11. The molecule has 0 atom stereocenters. The van der Waals surface area contributed by atoms with Gasteiger partial charge in [0, 0.05) is 19.2 Å². The number of benzene rings is 1. The van der Waals surface area contributed by atoms with Gasteiger partial charge in [-0.1, -0.05) is 0 Å². The number of nitro benzene ring substituents is 1. The number of halogens is 1. The zero-order chi connectivity index (χ0) is 11.9. The molecule has 0 bridgehead atoms. The summed E-state index contributed by atoms with van der Waals surface area (Å²) in [6, 6.07) is 3.88. The van der Waals surface area contributed by atoms with Crippen molar-refractivity contribution in [1.29, 1.82) is 0 Å². The molecule has 0 amide bonds. The van der Waals surface area contributed by atoms with E-state index in [9.17, 15) is 14.9 Å². The lowest BCUT2D eigenvalue weighted by atomic mass is 10.2. The van der Waals surface area contributed by atoms with Gasteiger partial charge in [-0.2, -0.15) is 0 Å². The highest BCUT2D eigenvalue weighted by atomic mass is 35.5. The van der Waals surface area contributed by atoms with Crippen molar-refractivity contribution in [3.63, 3.8) is 0 Å². The lowest BCUT2D eigenvalue weighted by Gasteiger charge is -2.02. The van der Waals surface area contributed by atoms with E-state index in [1.807, 2.05) is 0 Å². The van der Waals surface area contributed by atoms with Gasteiger partial charge in [0.25, 0.3) is 11.2 Å². The summed E-state index contributed by atoms with van der Waals surface area (Å²) in [4.78, 5) is 25.7. The van der Waals surface area contributed by atoms with Crippen LogP contribution in [-0.4, -0.2) is 14.5 Å². The van der Waals surface area contributed by atoms with Crippen LogP contribution in [0.15, 0.2) is 23.0 Å². The third-order valence-corrected chi connectivity index (χ3v) is 2.55. The SMILES string of the molecule is Cn1c(Cl)nc2ccc([N+](=O)[O-])cc2c1=O. The maximum Gasteiger partial charge on any atom is 0.270 e. The van der Waals surface area contributed by atoms with Crippen molar-refractivity contribution in [3.05, 3.63) is 44.0 Å². The van der Waals surface area contributed by atoms with Gasteiger partial charge in [-0.25, -0.2) is 4.98 Å². The Hall–Kier alpha value is -1.95. The van der Waals surface area contributed by atoms with Crippen LogP contribution in [0.5, 0.6) is 0 Å². The van der Waals surface area contributed by atoms with Crippen LogP contribution in [0.2, 0.25) is 5.28 Å². The number of hydrogen-bond acceptors (Lipinski definition) is 4. The average Bonchev–Trinajstić information content (AvgIpc) is 2.25. The van der Waals surface area contributed by atoms with Gasteiger partial charge in [0.05, 0.1) is 15.8 Å². The fourth-order valence-electron chi connectivity index (χ4n) is 1.35. The number of fused-ring (bicyclic) bond motifs is 1. The smallest absolute Gasteiger partial charge is 0.270 e. The second kappa shape index (κ2) is 3.57. The summed E-state index contributed by atoms with van der Waals surface area (Å²) in [6.07, 6.45) is 0. The fraction of sp³-hybridized carbons (Fsp3) is 0.111. The number of non-ortho nitro benzene ring substituents is 1. The Bertz CT molecular complexity index is 650. The molecular formula is C9H6ClN3O3. The van der Waals surface area contributed by atoms with Crippen molar-refractivity contribution in [2.75, 3.05) is 0 Å². The van der Waals surface area contributed by atoms with Gasteiger partial charge >= 0.3 is 0 Å². The molecule has 0 aliphatic rings. The molecular weight excluding hydrogens is 234 g/mol. The lowest BCUT2D eigenvalue weighted by Crippen LogP contribution is -2.18. The normalized spacial score (nSPS) is 10.6. The molecule has 6 nitrogen and oxygen atoms in total. The monoisotopic (exact) mass is 239 g/mol. The topological polar surface area (TPSA) is 78.0 Å². The Balaban J connectivity index is 2.88. The summed E-state index contributed by atoms with van der Waals surface area (Å²) < 4.78 is 1.13. The number of nitrogens with zero attached hydrogens (tertiary/aromatic N) is 3. The van der Waals surface area contributed by atoms with E-state index in [4.69, 9.17) is 11.6 Å². The first-order valence-electron chi connectivity index (χ1n) is 4.31. The quantitative estimate of drug-likeness (QED) is 0.429. The zero-order valence-corrected chi connectivity index (χ0v) is 8.93. The van der Waals surface area contributed by atoms with Crippen molar-refractivity contribution >= 4 is 28.2 Å². The Morgan fingerprint density at radius 1 is 1.50 bits per heavy atom. The van der Waals surface area contributed by atoms with Gasteiger partial charge in [-0.05, 0) is 17.7 Å². The predicted molar refractivity (Wildman–Crippen MR) is 58.6 cm³/mol. The molecule has 1 aromatic carbocycles. The minimum absolute atomic E-state index is 0.0475. The summed E-state index contributed by atoms with van der Waals surface area (Å²) in [6.45, 7) is 0. The van der Waals surface area contributed by atoms with Crippen molar-refractivity contribution in [3.8, 4) is 0 Å². The Labute approximate surface area is 94.2 Å². The molecule has 0 radical (unpaired) electrons. The van der Waals surface area contributed by atoms with Crippen molar-refractivity contribution in [2.24, 2.45) is 7.05 Å². The number of hydrogen-bond donors (Lipinski definition) is 0. The molecule has 82 valence electrons. The molecule has 16 heavy (non-hydrogen) atoms. The molecule has 0 aliphatic carbocycles. The summed E-state index contributed by atoms with van der Waals surface area (Å²) in [5, 5.41) is 10.8. The van der Waals surface area contributed by atoms with Crippen LogP contribution in [0, 0.1) is 10.1 Å². The standard InChI is InChI=1S/C9H6ClN3O3/c1-12-8(14)6-4-5(13(15)16)2-3-7(6)11-9(12)10/h2-4H,1H3. The van der Waals surface area contributed by atoms with E-state index in [0.717, 1.165) is 4.57 Å². The summed E-state index contributed by atoms with van der Waals surface area (Å²) in [5.74, 6) is 0. The van der Waals surface area contributed by atoms with Crippen LogP contribution in [0.4, 0.5) is 5.69 Å². The van der Waals surface area contributed by atoms with Crippen LogP contribution < -0.4 is 5.56 Å². The molecule has 0 aliphatic heterocycles. The predicted octanol–water partition coefficient (Wildman–Crippen LogP) is 1.50. The first-order chi connectivity index (χ1) is 7.50. The highest BCUT2D eigenvalue weighted by Crippen LogP contribution is 2.17. The summed E-state index contributed by atoms with van der Waals surface area (Å²) in [5.41, 5.74) is -0.203. The van der Waals surface area contributed by atoms with Crippen LogP contribution in [0.3, 0.4) is 0 Å². The van der Waals surface area contributed by atoms with E-state index in [0.29, 0.717) is 5.52 Å². The molecule has 0 saturated carbocycles. The van der Waals surface area contributed by atoms with E-state index in [2.05, 4.69) is 4.98 Å². The van der Waals surface area contributed by atoms with E-state index in [1.165, 1.54) is 25.2 Å². The molecule has 0 unspecified atom stereocenters. The minimum atomic E-state index is -0.562. The van der Waals surface area contributed by atoms with Crippen LogP contribution in [0.1, 0.15) is 0 Å². The Morgan fingerprint density at radius 3 is 2.81 bits per heavy atom. The van der Waals surface area contributed by atoms with Crippen LogP contribution >= 0.6 is 11.6 Å². The van der Waals surface area contributed by atoms with Gasteiger partial charge in [0.1, 0.15) is 0 Å². The fourth-order valence-corrected chi connectivity index (χ4v) is 1.51. The van der Waals surface area contributed by atoms with E-state index < -0.39 is 10.5 Å². The molecule has 1 aromatic heterocycles. The van der Waals surface area contributed by atoms with Gasteiger partial charge in [-0.15, -0.1) is 0 Å². The number of rotatable bonds is 1. The van der Waals surface area contributed by atoms with Crippen molar-refractivity contribution in [2.45, 2.75) is 0 Å². The zero-order valence-electron chi connectivity index (χ0n) is 8.18. The second-order valence-corrected chi connectivity index (χ2v) is 3.54. The van der Waals surface area contributed by atoms with E-state index >= 15 is 0 Å². The third kappa shape index (κ3) is 1.53. The van der Waals surface area contributed by atoms with Crippen LogP contribution in [-0.2, 0) is 7.05 Å². The van der Waals surface area contributed by atoms with Crippen molar-refractivity contribution in [1.82, 2.24) is 9.55 Å². The maximum atomic E-state index is 11.7. The average molecular weight is 240 g/mol. The maximum absolute atomic E-state index is 11.7. The largest absolute Gasteiger partial charge is 0.286 e. The second-order valence-electron chi connectivity index (χ2n) is 3.20. The first kappa shape index (κ1) is 10.6. The van der Waals surface area contributed by atoms with E-state index in [1.54, 1.807) is 0 Å². The highest BCUT2D eigenvalue weighted by molar-refractivity contribution is 6.28. The number of aromatic nitrogens is 2. The van der Waals surface area contributed by atoms with Gasteiger partial charge in [0.15, 0.2) is 0 Å². The molecule has 0 N–H and O–H groups in total. The molecule has 0 fully saturated rings.